The maximum Gasteiger partial charge on any atom is 0.273 e. The number of amides is 1. The highest BCUT2D eigenvalue weighted by Crippen LogP contribution is 2.22. The third-order valence-electron chi connectivity index (χ3n) is 4.33. The maximum absolute atomic E-state index is 13.3. The van der Waals surface area contributed by atoms with Gasteiger partial charge in [-0.15, -0.1) is 22.7 Å². The van der Waals surface area contributed by atoms with Gasteiger partial charge in [0.05, 0.1) is 10.2 Å². The molecule has 4 aromatic rings. The van der Waals surface area contributed by atoms with E-state index in [4.69, 9.17) is 23.2 Å². The average Bonchev–Trinajstić information content (AvgIpc) is 3.37. The second kappa shape index (κ2) is 9.55. The summed E-state index contributed by atoms with van der Waals surface area (Å²) in [4.78, 5) is 27.2. The van der Waals surface area contributed by atoms with Crippen molar-refractivity contribution in [3.8, 4) is 11.8 Å². The molecule has 0 saturated carbocycles. The van der Waals surface area contributed by atoms with Crippen molar-refractivity contribution >= 4 is 69.1 Å². The fourth-order valence-corrected chi connectivity index (χ4v) is 5.33. The second-order valence-corrected chi connectivity index (χ2v) is 9.39. The van der Waals surface area contributed by atoms with E-state index in [9.17, 15) is 14.9 Å². The molecule has 0 bridgehead atoms. The van der Waals surface area contributed by atoms with Gasteiger partial charge >= 0.3 is 0 Å². The number of hydrogen-bond acceptors (Lipinski definition) is 5. The van der Waals surface area contributed by atoms with E-state index in [1.165, 1.54) is 34.1 Å². The summed E-state index contributed by atoms with van der Waals surface area (Å²) in [7, 11) is 0. The molecule has 0 spiro atoms. The molecule has 0 aliphatic carbocycles. The normalized spacial score (nSPS) is 12.3. The minimum atomic E-state index is -0.667. The van der Waals surface area contributed by atoms with E-state index in [1.807, 2.05) is 29.6 Å². The number of anilines is 1. The van der Waals surface area contributed by atoms with E-state index < -0.39 is 5.91 Å². The van der Waals surface area contributed by atoms with Crippen LogP contribution in [0.1, 0.15) is 4.88 Å². The van der Waals surface area contributed by atoms with E-state index in [-0.39, 0.29) is 15.8 Å². The number of aromatic nitrogens is 1. The van der Waals surface area contributed by atoms with Crippen LogP contribution in [-0.4, -0.2) is 10.5 Å². The first-order valence-electron chi connectivity index (χ1n) is 9.20. The minimum Gasteiger partial charge on any atom is -0.321 e. The zero-order valence-electron chi connectivity index (χ0n) is 16.2. The number of carbonyl (C=O) groups is 1. The minimum absolute atomic E-state index is 0.196. The Labute approximate surface area is 200 Å². The summed E-state index contributed by atoms with van der Waals surface area (Å²) < 4.78 is 2.03. The number of carbonyl (C=O) groups excluding carboxylic acids is 1. The Morgan fingerprint density at radius 3 is 2.41 bits per heavy atom. The summed E-state index contributed by atoms with van der Waals surface area (Å²) in [6.07, 6.45) is 1.75. The van der Waals surface area contributed by atoms with E-state index in [0.29, 0.717) is 26.0 Å². The smallest absolute Gasteiger partial charge is 0.273 e. The summed E-state index contributed by atoms with van der Waals surface area (Å²) in [5.41, 5.74) is 0.394. The molecule has 0 atom stereocenters. The Kier molecular flexibility index (Phi) is 6.58. The van der Waals surface area contributed by atoms with Crippen molar-refractivity contribution in [1.82, 2.24) is 4.57 Å². The number of halogens is 2. The van der Waals surface area contributed by atoms with Crippen LogP contribution in [0.2, 0.25) is 10.0 Å². The number of thiazole rings is 1. The molecular weight excluding hydrogens is 485 g/mol. The molecule has 2 aromatic heterocycles. The predicted molar refractivity (Wildman–Crippen MR) is 131 cm³/mol. The fourth-order valence-electron chi connectivity index (χ4n) is 2.98. The molecule has 0 aliphatic heterocycles. The Balaban J connectivity index is 1.94. The number of para-hydroxylation sites is 1. The van der Waals surface area contributed by atoms with Crippen molar-refractivity contribution in [1.29, 1.82) is 5.26 Å². The SMILES string of the molecule is N#CC(C(=O)Nc1cc(Cl)cc(Cl)c1)=c1sc(=Cc2cccs2)c(=O)n1-c1ccccc1. The number of nitriles is 1. The van der Waals surface area contributed by atoms with Crippen molar-refractivity contribution < 1.29 is 4.79 Å². The van der Waals surface area contributed by atoms with Crippen LogP contribution in [0.25, 0.3) is 17.3 Å². The van der Waals surface area contributed by atoms with Gasteiger partial charge in [-0.2, -0.15) is 5.26 Å². The van der Waals surface area contributed by atoms with Gasteiger partial charge in [-0.25, -0.2) is 0 Å². The zero-order chi connectivity index (χ0) is 22.7. The molecular formula is C23H13Cl2N3O2S2. The van der Waals surface area contributed by atoms with Gasteiger partial charge in [0.1, 0.15) is 10.7 Å². The molecule has 32 heavy (non-hydrogen) atoms. The third kappa shape index (κ3) is 4.69. The Bertz CT molecular complexity index is 1500. The van der Waals surface area contributed by atoms with E-state index >= 15 is 0 Å². The molecule has 0 aliphatic rings. The first kappa shape index (κ1) is 22.1. The van der Waals surface area contributed by atoms with Crippen molar-refractivity contribution in [2.75, 3.05) is 5.32 Å². The maximum atomic E-state index is 13.3. The molecule has 1 N–H and O–H groups in total. The Morgan fingerprint density at radius 1 is 1.06 bits per heavy atom. The van der Waals surface area contributed by atoms with Crippen LogP contribution < -0.4 is 20.1 Å². The molecule has 5 nitrogen and oxygen atoms in total. The van der Waals surface area contributed by atoms with Crippen LogP contribution in [0.4, 0.5) is 5.69 Å². The highest BCUT2D eigenvalue weighted by molar-refractivity contribution is 7.11. The summed E-state index contributed by atoms with van der Waals surface area (Å²) >= 11 is 14.6. The highest BCUT2D eigenvalue weighted by atomic mass is 35.5. The van der Waals surface area contributed by atoms with Crippen molar-refractivity contribution in [2.45, 2.75) is 0 Å². The molecule has 0 radical (unpaired) electrons. The molecule has 0 saturated heterocycles. The quantitative estimate of drug-likeness (QED) is 0.453. The number of rotatable bonds is 4. The summed E-state index contributed by atoms with van der Waals surface area (Å²) in [5.74, 6) is -0.667. The monoisotopic (exact) mass is 497 g/mol. The van der Waals surface area contributed by atoms with Crippen LogP contribution in [0.3, 0.4) is 0 Å². The summed E-state index contributed by atoms with van der Waals surface area (Å²) in [6.45, 7) is 0. The van der Waals surface area contributed by atoms with Crippen LogP contribution >= 0.6 is 45.9 Å². The predicted octanol–water partition coefficient (Wildman–Crippen LogP) is 4.41. The van der Waals surface area contributed by atoms with Gasteiger partial charge in [-0.3, -0.25) is 14.2 Å². The van der Waals surface area contributed by atoms with Gasteiger partial charge in [-0.1, -0.05) is 47.5 Å². The lowest BCUT2D eigenvalue weighted by atomic mass is 10.2. The first-order chi connectivity index (χ1) is 15.5. The van der Waals surface area contributed by atoms with Gasteiger partial charge in [0.2, 0.25) is 0 Å². The van der Waals surface area contributed by atoms with Crippen LogP contribution in [0.5, 0.6) is 0 Å². The molecule has 2 aromatic carbocycles. The average molecular weight is 498 g/mol. The lowest BCUT2D eigenvalue weighted by molar-refractivity contribution is -0.111. The molecule has 0 unspecified atom stereocenters. The van der Waals surface area contributed by atoms with Gasteiger partial charge in [0.15, 0.2) is 5.57 Å². The van der Waals surface area contributed by atoms with Gasteiger partial charge in [-0.05, 0) is 47.9 Å². The van der Waals surface area contributed by atoms with Crippen LogP contribution in [0.15, 0.2) is 70.8 Å². The number of hydrogen-bond donors (Lipinski definition) is 1. The number of nitrogens with one attached hydrogen (secondary N) is 1. The number of benzene rings is 2. The lowest BCUT2D eigenvalue weighted by Gasteiger charge is -2.06. The van der Waals surface area contributed by atoms with Gasteiger partial charge in [0.25, 0.3) is 11.5 Å². The van der Waals surface area contributed by atoms with Crippen LogP contribution in [0, 0.1) is 11.3 Å². The highest BCUT2D eigenvalue weighted by Gasteiger charge is 2.17. The molecule has 4 rings (SSSR count). The Hall–Kier alpha value is -3.15. The molecule has 2 heterocycles. The number of nitrogens with zero attached hydrogens (tertiary/aromatic N) is 2. The topological polar surface area (TPSA) is 74.9 Å². The van der Waals surface area contributed by atoms with E-state index in [2.05, 4.69) is 5.32 Å². The fraction of sp³-hybridized carbons (Fsp3) is 0. The number of thiophene rings is 1. The molecule has 1 amide bonds. The molecule has 158 valence electrons. The van der Waals surface area contributed by atoms with E-state index in [1.54, 1.807) is 30.3 Å². The molecule has 0 fully saturated rings. The van der Waals surface area contributed by atoms with Gasteiger partial charge in [0, 0.05) is 20.6 Å². The lowest BCUT2D eigenvalue weighted by Crippen LogP contribution is -2.32. The first-order valence-corrected chi connectivity index (χ1v) is 11.7. The van der Waals surface area contributed by atoms with Crippen LogP contribution in [-0.2, 0) is 4.79 Å². The van der Waals surface area contributed by atoms with Crippen molar-refractivity contribution in [3.05, 3.63) is 101 Å². The standard InChI is InChI=1S/C23H13Cl2N3O2S2/c24-14-9-15(25)11-16(10-14)27-21(29)19(13-26)23-28(17-5-2-1-3-6-17)22(30)20(32-23)12-18-7-4-8-31-18/h1-12H,(H,27,29). The zero-order valence-corrected chi connectivity index (χ0v) is 19.4. The summed E-state index contributed by atoms with van der Waals surface area (Å²) in [6, 6.07) is 19.2. The van der Waals surface area contributed by atoms with Crippen molar-refractivity contribution in [3.63, 3.8) is 0 Å². The second-order valence-electron chi connectivity index (χ2n) is 6.51. The van der Waals surface area contributed by atoms with E-state index in [0.717, 1.165) is 16.2 Å². The molecule has 9 heteroatoms. The third-order valence-corrected chi connectivity index (χ3v) is 6.68. The van der Waals surface area contributed by atoms with Gasteiger partial charge < -0.3 is 5.32 Å². The summed E-state index contributed by atoms with van der Waals surface area (Å²) in [5, 5.41) is 15.1. The van der Waals surface area contributed by atoms with Crippen molar-refractivity contribution in [2.24, 2.45) is 0 Å². The largest absolute Gasteiger partial charge is 0.321 e. The Morgan fingerprint density at radius 2 is 1.78 bits per heavy atom.